The lowest BCUT2D eigenvalue weighted by atomic mass is 10.1. The maximum Gasteiger partial charge on any atom is 0.317 e. The van der Waals surface area contributed by atoms with E-state index in [-0.39, 0.29) is 0 Å². The van der Waals surface area contributed by atoms with Crippen molar-refractivity contribution < 1.29 is 4.74 Å². The molecule has 1 rings (SSSR count). The highest BCUT2D eigenvalue weighted by atomic mass is 127. The predicted octanol–water partition coefficient (Wildman–Crippen LogP) is 2.26. The molecule has 4 heteroatoms. The summed E-state index contributed by atoms with van der Waals surface area (Å²) < 4.78 is 6.46. The van der Waals surface area contributed by atoms with Crippen molar-refractivity contribution in [3.8, 4) is 18.4 Å². The Bertz CT molecular complexity index is 344. The van der Waals surface area contributed by atoms with Gasteiger partial charge < -0.3 is 4.74 Å². The van der Waals surface area contributed by atoms with Gasteiger partial charge in [0.05, 0.1) is 0 Å². The smallest absolute Gasteiger partial charge is 0.317 e. The number of hydrogen-bond acceptors (Lipinski definition) is 3. The molecule has 0 bridgehead atoms. The fraction of sp³-hybridized carbons (Fsp3) is 0.400. The number of terminal acetylenes is 1. The molecule has 1 unspecified atom stereocenters. The van der Waals surface area contributed by atoms with Crippen molar-refractivity contribution >= 4 is 22.6 Å². The summed E-state index contributed by atoms with van der Waals surface area (Å²) in [6.45, 7) is 3.81. The fourth-order valence-corrected chi connectivity index (χ4v) is 1.04. The van der Waals surface area contributed by atoms with Crippen LogP contribution in [0.3, 0.4) is 0 Å². The first kappa shape index (κ1) is 11.2. The van der Waals surface area contributed by atoms with Gasteiger partial charge in [0, 0.05) is 16.0 Å². The molecule has 3 nitrogen and oxygen atoms in total. The second-order valence-corrected chi connectivity index (χ2v) is 4.26. The van der Waals surface area contributed by atoms with Gasteiger partial charge >= 0.3 is 6.01 Å². The van der Waals surface area contributed by atoms with Crippen molar-refractivity contribution in [1.82, 2.24) is 9.97 Å². The Labute approximate surface area is 97.4 Å². The average molecular weight is 302 g/mol. The summed E-state index contributed by atoms with van der Waals surface area (Å²) in [6, 6.07) is 0.327. The molecule has 1 heterocycles. The fourth-order valence-electron chi connectivity index (χ4n) is 0.758. The van der Waals surface area contributed by atoms with E-state index in [9.17, 15) is 0 Å². The highest BCUT2D eigenvalue weighted by molar-refractivity contribution is 14.1. The van der Waals surface area contributed by atoms with Crippen LogP contribution in [-0.4, -0.2) is 15.6 Å². The zero-order valence-corrected chi connectivity index (χ0v) is 10.3. The van der Waals surface area contributed by atoms with Crippen molar-refractivity contribution in [2.45, 2.75) is 25.9 Å². The Morgan fingerprint density at radius 3 is 2.57 bits per heavy atom. The summed E-state index contributed by atoms with van der Waals surface area (Å²) in [7, 11) is 0. The van der Waals surface area contributed by atoms with E-state index in [2.05, 4.69) is 38.5 Å². The van der Waals surface area contributed by atoms with Gasteiger partial charge in [-0.3, -0.25) is 0 Å². The Morgan fingerprint density at radius 1 is 1.57 bits per heavy atom. The first-order valence-corrected chi connectivity index (χ1v) is 5.32. The van der Waals surface area contributed by atoms with E-state index in [0.29, 0.717) is 6.01 Å². The molecular weight excluding hydrogens is 291 g/mol. The second kappa shape index (κ2) is 4.60. The third-order valence-electron chi connectivity index (χ3n) is 1.89. The summed E-state index contributed by atoms with van der Waals surface area (Å²) in [5, 5.41) is 0. The molecule has 0 N–H and O–H groups in total. The van der Waals surface area contributed by atoms with E-state index in [0.717, 1.165) is 9.99 Å². The number of ether oxygens (including phenoxy) is 1. The van der Waals surface area contributed by atoms with Crippen molar-refractivity contribution in [3.05, 3.63) is 16.0 Å². The van der Waals surface area contributed by atoms with Gasteiger partial charge in [-0.15, -0.1) is 6.42 Å². The molecule has 0 aliphatic carbocycles. The monoisotopic (exact) mass is 302 g/mol. The minimum atomic E-state index is -0.618. The molecule has 1 aromatic heterocycles. The van der Waals surface area contributed by atoms with E-state index in [4.69, 9.17) is 11.2 Å². The highest BCUT2D eigenvalue weighted by Gasteiger charge is 2.21. The van der Waals surface area contributed by atoms with E-state index in [1.165, 1.54) is 0 Å². The summed E-state index contributed by atoms with van der Waals surface area (Å²) in [5.41, 5.74) is -0.618. The Morgan fingerprint density at radius 2 is 2.14 bits per heavy atom. The molecule has 0 amide bonds. The minimum Gasteiger partial charge on any atom is -0.444 e. The molecule has 0 fully saturated rings. The van der Waals surface area contributed by atoms with E-state index in [1.807, 2.05) is 13.8 Å². The largest absolute Gasteiger partial charge is 0.444 e. The van der Waals surface area contributed by atoms with Crippen LogP contribution in [0.2, 0.25) is 0 Å². The first-order chi connectivity index (χ1) is 6.59. The third-order valence-corrected chi connectivity index (χ3v) is 2.45. The molecule has 14 heavy (non-hydrogen) atoms. The van der Waals surface area contributed by atoms with Crippen LogP contribution in [0, 0.1) is 15.9 Å². The molecule has 0 aromatic carbocycles. The van der Waals surface area contributed by atoms with Crippen molar-refractivity contribution in [2.75, 3.05) is 0 Å². The van der Waals surface area contributed by atoms with E-state index in [1.54, 1.807) is 12.4 Å². The van der Waals surface area contributed by atoms with Crippen LogP contribution in [0.4, 0.5) is 0 Å². The number of aromatic nitrogens is 2. The molecule has 0 saturated carbocycles. The molecule has 1 aromatic rings. The molecule has 0 saturated heterocycles. The first-order valence-electron chi connectivity index (χ1n) is 4.24. The second-order valence-electron chi connectivity index (χ2n) is 3.01. The maximum absolute atomic E-state index is 5.49. The molecule has 1 atom stereocenters. The lowest BCUT2D eigenvalue weighted by molar-refractivity contribution is 0.132. The van der Waals surface area contributed by atoms with Crippen molar-refractivity contribution in [2.24, 2.45) is 0 Å². The van der Waals surface area contributed by atoms with Gasteiger partial charge in [0.25, 0.3) is 0 Å². The van der Waals surface area contributed by atoms with Crippen molar-refractivity contribution in [3.63, 3.8) is 0 Å². The van der Waals surface area contributed by atoms with Gasteiger partial charge in [-0.05, 0) is 35.9 Å². The predicted molar refractivity (Wildman–Crippen MR) is 62.9 cm³/mol. The maximum atomic E-state index is 5.49. The number of nitrogens with zero attached hydrogens (tertiary/aromatic N) is 2. The molecule has 0 aliphatic rings. The van der Waals surface area contributed by atoms with Crippen molar-refractivity contribution in [1.29, 1.82) is 0 Å². The van der Waals surface area contributed by atoms with Gasteiger partial charge in [0.2, 0.25) is 0 Å². The lowest BCUT2D eigenvalue weighted by Crippen LogP contribution is -2.30. The van der Waals surface area contributed by atoms with E-state index >= 15 is 0 Å². The topological polar surface area (TPSA) is 35.0 Å². The van der Waals surface area contributed by atoms with Crippen LogP contribution >= 0.6 is 22.6 Å². The normalized spacial score (nSPS) is 14.1. The minimum absolute atomic E-state index is 0.327. The van der Waals surface area contributed by atoms with E-state index < -0.39 is 5.60 Å². The molecule has 0 aliphatic heterocycles. The number of rotatable bonds is 3. The Hall–Kier alpha value is -0.830. The third kappa shape index (κ3) is 2.84. The average Bonchev–Trinajstić information content (AvgIpc) is 2.21. The molecular formula is C10H11IN2O. The summed E-state index contributed by atoms with van der Waals surface area (Å²) >= 11 is 2.13. The van der Waals surface area contributed by atoms with Crippen LogP contribution in [0.15, 0.2) is 12.4 Å². The molecule has 0 radical (unpaired) electrons. The summed E-state index contributed by atoms with van der Waals surface area (Å²) in [5.74, 6) is 2.59. The Balaban J connectivity index is 2.79. The van der Waals surface area contributed by atoms with Crippen LogP contribution in [0.5, 0.6) is 6.01 Å². The van der Waals surface area contributed by atoms with Crippen LogP contribution in [-0.2, 0) is 0 Å². The van der Waals surface area contributed by atoms with Crippen LogP contribution < -0.4 is 4.74 Å². The highest BCUT2D eigenvalue weighted by Crippen LogP contribution is 2.16. The van der Waals surface area contributed by atoms with Gasteiger partial charge in [-0.2, -0.15) is 0 Å². The quantitative estimate of drug-likeness (QED) is 0.634. The van der Waals surface area contributed by atoms with Crippen LogP contribution in [0.1, 0.15) is 20.3 Å². The van der Waals surface area contributed by atoms with Gasteiger partial charge in [0.15, 0.2) is 5.60 Å². The van der Waals surface area contributed by atoms with Crippen LogP contribution in [0.25, 0.3) is 0 Å². The Kier molecular flexibility index (Phi) is 3.69. The zero-order chi connectivity index (χ0) is 10.6. The molecule has 0 spiro atoms. The number of hydrogen-bond donors (Lipinski definition) is 0. The zero-order valence-electron chi connectivity index (χ0n) is 8.12. The number of halogens is 1. The standard InChI is InChI=1S/C10H11IN2O/c1-4-10(3,5-2)14-9-12-6-8(11)7-13-9/h1,6-7H,5H2,2-3H3. The summed E-state index contributed by atoms with van der Waals surface area (Å²) in [4.78, 5) is 8.05. The van der Waals surface area contributed by atoms with Gasteiger partial charge in [0.1, 0.15) is 0 Å². The van der Waals surface area contributed by atoms with Gasteiger partial charge in [-0.25, -0.2) is 9.97 Å². The SMILES string of the molecule is C#CC(C)(CC)Oc1ncc(I)cn1. The lowest BCUT2D eigenvalue weighted by Gasteiger charge is -2.21. The van der Waals surface area contributed by atoms with Gasteiger partial charge in [-0.1, -0.05) is 12.8 Å². The molecule has 74 valence electrons. The summed E-state index contributed by atoms with van der Waals surface area (Å²) in [6.07, 6.45) is 9.46.